The lowest BCUT2D eigenvalue weighted by Crippen LogP contribution is -2.35. The molecule has 1 aromatic rings. The molecule has 1 N–H and O–H groups in total. The summed E-state index contributed by atoms with van der Waals surface area (Å²) in [6.07, 6.45) is 1.50. The molecule has 20 heavy (non-hydrogen) atoms. The molecule has 2 nitrogen and oxygen atoms in total. The van der Waals surface area contributed by atoms with Crippen molar-refractivity contribution in [3.63, 3.8) is 0 Å². The Morgan fingerprint density at radius 2 is 2.15 bits per heavy atom. The summed E-state index contributed by atoms with van der Waals surface area (Å²) in [6, 6.07) is 6.66. The molecule has 0 bridgehead atoms. The number of benzene rings is 1. The van der Waals surface area contributed by atoms with Crippen molar-refractivity contribution in [2.24, 2.45) is 0 Å². The Bertz CT molecular complexity index is 458. The Balaban J connectivity index is 1.98. The smallest absolute Gasteiger partial charge is 0.0669 e. The molecule has 1 saturated heterocycles. The van der Waals surface area contributed by atoms with Gasteiger partial charge in [0.05, 0.1) is 6.10 Å². The fraction of sp³-hybridized carbons (Fsp3) is 0.625. The Hall–Kier alpha value is -0.0300. The number of halogens is 1. The zero-order chi connectivity index (χ0) is 14.8. The van der Waals surface area contributed by atoms with E-state index in [2.05, 4.69) is 67.1 Å². The average molecular weight is 358 g/mol. The van der Waals surface area contributed by atoms with Crippen molar-refractivity contribution < 1.29 is 4.74 Å². The quantitative estimate of drug-likeness (QED) is 0.850. The van der Waals surface area contributed by atoms with Gasteiger partial charge < -0.3 is 10.1 Å². The lowest BCUT2D eigenvalue weighted by molar-refractivity contribution is 0.127. The van der Waals surface area contributed by atoms with Gasteiger partial charge in [-0.3, -0.25) is 0 Å². The first-order valence-corrected chi connectivity index (χ1v) is 8.84. The first-order valence-electron chi connectivity index (χ1n) is 7.17. The van der Waals surface area contributed by atoms with Crippen molar-refractivity contribution in [3.8, 4) is 0 Å². The third-order valence-corrected chi connectivity index (χ3v) is 5.85. The van der Waals surface area contributed by atoms with Crippen LogP contribution in [0.5, 0.6) is 0 Å². The van der Waals surface area contributed by atoms with Gasteiger partial charge in [-0.25, -0.2) is 0 Å². The molecule has 0 aromatic heterocycles. The van der Waals surface area contributed by atoms with Crippen LogP contribution in [0.4, 0.5) is 0 Å². The van der Waals surface area contributed by atoms with E-state index in [-0.39, 0.29) is 5.54 Å². The van der Waals surface area contributed by atoms with Crippen LogP contribution in [-0.2, 0) is 11.3 Å². The largest absolute Gasteiger partial charge is 0.377 e. The fourth-order valence-corrected chi connectivity index (χ4v) is 3.98. The first kappa shape index (κ1) is 16.3. The van der Waals surface area contributed by atoms with Gasteiger partial charge >= 0.3 is 0 Å². The summed E-state index contributed by atoms with van der Waals surface area (Å²) in [4.78, 5) is 1.31. The zero-order valence-corrected chi connectivity index (χ0v) is 15.1. The highest BCUT2D eigenvalue weighted by Crippen LogP contribution is 2.36. The summed E-state index contributed by atoms with van der Waals surface area (Å²) in [5, 5.41) is 4.09. The number of ether oxygens (including phenoxy) is 1. The number of hydrogen-bond donors (Lipinski definition) is 1. The van der Waals surface area contributed by atoms with Crippen LogP contribution in [-0.4, -0.2) is 23.5 Å². The second kappa shape index (κ2) is 6.82. The van der Waals surface area contributed by atoms with Crippen LogP contribution in [0.3, 0.4) is 0 Å². The van der Waals surface area contributed by atoms with Gasteiger partial charge in [-0.15, -0.1) is 11.8 Å². The third-order valence-electron chi connectivity index (χ3n) is 3.40. The maximum Gasteiger partial charge on any atom is 0.0669 e. The Labute approximate surface area is 135 Å². The molecule has 0 saturated carbocycles. The van der Waals surface area contributed by atoms with E-state index < -0.39 is 0 Å². The van der Waals surface area contributed by atoms with Crippen molar-refractivity contribution in [2.45, 2.75) is 62.4 Å². The summed E-state index contributed by atoms with van der Waals surface area (Å²) < 4.78 is 6.82. The Morgan fingerprint density at radius 3 is 2.70 bits per heavy atom. The maximum absolute atomic E-state index is 5.63. The zero-order valence-electron chi connectivity index (χ0n) is 12.7. The van der Waals surface area contributed by atoms with Gasteiger partial charge in [0.2, 0.25) is 0 Å². The molecule has 4 heteroatoms. The summed E-state index contributed by atoms with van der Waals surface area (Å²) >= 11 is 5.63. The highest BCUT2D eigenvalue weighted by molar-refractivity contribution is 9.10. The minimum Gasteiger partial charge on any atom is -0.377 e. The number of rotatable bonds is 4. The second-order valence-electron chi connectivity index (χ2n) is 6.39. The predicted molar refractivity (Wildman–Crippen MR) is 90.4 cm³/mol. The predicted octanol–water partition coefficient (Wildman–Crippen LogP) is 4.61. The Kier molecular flexibility index (Phi) is 5.57. The number of nitrogens with one attached hydrogen (secondary N) is 1. The van der Waals surface area contributed by atoms with E-state index in [4.69, 9.17) is 4.74 Å². The van der Waals surface area contributed by atoms with E-state index in [9.17, 15) is 0 Å². The lowest BCUT2D eigenvalue weighted by atomic mass is 10.1. The molecular formula is C16H24BrNOS. The average Bonchev–Trinajstić information content (AvgIpc) is 2.75. The van der Waals surface area contributed by atoms with E-state index in [1.807, 2.05) is 11.8 Å². The molecule has 2 rings (SSSR count). The van der Waals surface area contributed by atoms with Crippen LogP contribution in [0, 0.1) is 0 Å². The molecule has 1 fully saturated rings. The first-order chi connectivity index (χ1) is 9.35. The maximum atomic E-state index is 5.63. The van der Waals surface area contributed by atoms with Crippen LogP contribution in [0.2, 0.25) is 0 Å². The molecule has 2 atom stereocenters. The van der Waals surface area contributed by atoms with E-state index in [1.165, 1.54) is 14.9 Å². The second-order valence-corrected chi connectivity index (χ2v) is 8.52. The van der Waals surface area contributed by atoms with E-state index in [0.717, 1.165) is 19.6 Å². The van der Waals surface area contributed by atoms with Gasteiger partial charge in [-0.2, -0.15) is 0 Å². The molecule has 1 aromatic carbocycles. The van der Waals surface area contributed by atoms with Crippen molar-refractivity contribution >= 4 is 27.7 Å². The minimum absolute atomic E-state index is 0.149. The van der Waals surface area contributed by atoms with E-state index in [0.29, 0.717) is 11.4 Å². The normalized spacial score (nSPS) is 23.2. The fourth-order valence-electron chi connectivity index (χ4n) is 2.15. The van der Waals surface area contributed by atoms with Gasteiger partial charge in [0.15, 0.2) is 0 Å². The third kappa shape index (κ3) is 4.76. The molecule has 0 spiro atoms. The molecule has 0 aliphatic carbocycles. The lowest BCUT2D eigenvalue weighted by Gasteiger charge is -2.21. The summed E-state index contributed by atoms with van der Waals surface area (Å²) in [6.45, 7) is 10.5. The van der Waals surface area contributed by atoms with Crippen molar-refractivity contribution in [1.29, 1.82) is 0 Å². The van der Waals surface area contributed by atoms with Crippen molar-refractivity contribution in [3.05, 3.63) is 28.2 Å². The number of thioether (sulfide) groups is 1. The molecule has 0 amide bonds. The summed E-state index contributed by atoms with van der Waals surface area (Å²) in [7, 11) is 0. The monoisotopic (exact) mass is 357 g/mol. The highest BCUT2D eigenvalue weighted by Gasteiger charge is 2.25. The van der Waals surface area contributed by atoms with Crippen LogP contribution >= 0.6 is 27.7 Å². The summed E-state index contributed by atoms with van der Waals surface area (Å²) in [5.74, 6) is 0. The number of hydrogen-bond acceptors (Lipinski definition) is 3. The standard InChI is InChI=1S/C16H24BrNOS/c1-11-14(7-8-19-11)20-15-6-5-12(9-13(15)17)10-18-16(2,3)4/h5-6,9,11,14,18H,7-8,10H2,1-4H3. The van der Waals surface area contributed by atoms with Crippen LogP contribution < -0.4 is 5.32 Å². The van der Waals surface area contributed by atoms with Crippen molar-refractivity contribution in [2.75, 3.05) is 6.61 Å². The molecule has 1 heterocycles. The van der Waals surface area contributed by atoms with Gasteiger partial charge in [0, 0.05) is 33.3 Å². The van der Waals surface area contributed by atoms with Gasteiger partial charge in [-0.05, 0) is 67.7 Å². The molecule has 1 aliphatic heterocycles. The van der Waals surface area contributed by atoms with Gasteiger partial charge in [-0.1, -0.05) is 6.07 Å². The van der Waals surface area contributed by atoms with Gasteiger partial charge in [0.1, 0.15) is 0 Å². The molecule has 112 valence electrons. The SMILES string of the molecule is CC1OCCC1Sc1ccc(CNC(C)(C)C)cc1Br. The van der Waals surface area contributed by atoms with Crippen LogP contribution in [0.15, 0.2) is 27.6 Å². The van der Waals surface area contributed by atoms with Crippen LogP contribution in [0.1, 0.15) is 39.7 Å². The Morgan fingerprint density at radius 1 is 1.40 bits per heavy atom. The molecule has 2 unspecified atom stereocenters. The minimum atomic E-state index is 0.149. The van der Waals surface area contributed by atoms with Crippen molar-refractivity contribution in [1.82, 2.24) is 5.32 Å². The highest BCUT2D eigenvalue weighted by atomic mass is 79.9. The molecular weight excluding hydrogens is 334 g/mol. The van der Waals surface area contributed by atoms with Crippen LogP contribution in [0.25, 0.3) is 0 Å². The summed E-state index contributed by atoms with van der Waals surface area (Å²) in [5.41, 5.74) is 1.46. The molecule has 0 radical (unpaired) electrons. The topological polar surface area (TPSA) is 21.3 Å². The van der Waals surface area contributed by atoms with Gasteiger partial charge in [0.25, 0.3) is 0 Å². The van der Waals surface area contributed by atoms with E-state index >= 15 is 0 Å². The van der Waals surface area contributed by atoms with E-state index in [1.54, 1.807) is 0 Å². The molecule has 1 aliphatic rings.